The molecule has 0 saturated carbocycles. The second kappa shape index (κ2) is 4.28. The molecule has 0 spiro atoms. The number of carboxylic acid groups (broad SMARTS) is 1. The SMILES string of the molecule is CC(C)CC1C(N)C(C(=O)O)CN1C. The van der Waals surface area contributed by atoms with Crippen LogP contribution in [-0.2, 0) is 4.79 Å². The van der Waals surface area contributed by atoms with Gasteiger partial charge in [0.15, 0.2) is 0 Å². The Bertz CT molecular complexity index is 218. The Kier molecular flexibility index (Phi) is 3.50. The minimum atomic E-state index is -0.768. The number of hydrogen-bond donors (Lipinski definition) is 2. The molecule has 14 heavy (non-hydrogen) atoms. The highest BCUT2D eigenvalue weighted by molar-refractivity contribution is 5.71. The number of carbonyl (C=O) groups is 1. The van der Waals surface area contributed by atoms with E-state index in [-0.39, 0.29) is 12.1 Å². The van der Waals surface area contributed by atoms with E-state index < -0.39 is 11.9 Å². The molecule has 0 aromatic heterocycles. The maximum atomic E-state index is 10.9. The van der Waals surface area contributed by atoms with Crippen LogP contribution in [0.4, 0.5) is 0 Å². The van der Waals surface area contributed by atoms with Crippen molar-refractivity contribution >= 4 is 5.97 Å². The van der Waals surface area contributed by atoms with E-state index in [2.05, 4.69) is 18.7 Å². The third-order valence-corrected chi connectivity index (χ3v) is 2.99. The topological polar surface area (TPSA) is 66.6 Å². The van der Waals surface area contributed by atoms with E-state index in [0.29, 0.717) is 12.5 Å². The maximum Gasteiger partial charge on any atom is 0.309 e. The van der Waals surface area contributed by atoms with Crippen LogP contribution in [0.3, 0.4) is 0 Å². The van der Waals surface area contributed by atoms with Crippen LogP contribution < -0.4 is 5.73 Å². The predicted octanol–water partition coefficient (Wildman–Crippen LogP) is 0.375. The van der Waals surface area contributed by atoms with Crippen molar-refractivity contribution in [2.75, 3.05) is 13.6 Å². The summed E-state index contributed by atoms with van der Waals surface area (Å²) in [5, 5.41) is 8.95. The first-order valence-electron chi connectivity index (χ1n) is 5.12. The molecule has 1 rings (SSSR count). The van der Waals surface area contributed by atoms with E-state index in [0.717, 1.165) is 6.42 Å². The van der Waals surface area contributed by atoms with Crippen molar-refractivity contribution in [2.45, 2.75) is 32.4 Å². The lowest BCUT2D eigenvalue weighted by molar-refractivity contribution is -0.141. The summed E-state index contributed by atoms with van der Waals surface area (Å²) in [6, 6.07) is -0.00370. The van der Waals surface area contributed by atoms with Gasteiger partial charge in [0.1, 0.15) is 0 Å². The quantitative estimate of drug-likeness (QED) is 0.691. The highest BCUT2D eigenvalue weighted by Gasteiger charge is 2.41. The van der Waals surface area contributed by atoms with Crippen molar-refractivity contribution in [3.05, 3.63) is 0 Å². The van der Waals surface area contributed by atoms with Crippen molar-refractivity contribution in [3.8, 4) is 0 Å². The third-order valence-electron chi connectivity index (χ3n) is 2.99. The van der Waals surface area contributed by atoms with E-state index in [4.69, 9.17) is 10.8 Å². The molecule has 0 radical (unpaired) electrons. The molecule has 1 fully saturated rings. The smallest absolute Gasteiger partial charge is 0.309 e. The van der Waals surface area contributed by atoms with Crippen LogP contribution in [0, 0.1) is 11.8 Å². The number of likely N-dealkylation sites (tertiary alicyclic amines) is 1. The molecule has 1 saturated heterocycles. The average molecular weight is 200 g/mol. The van der Waals surface area contributed by atoms with E-state index in [9.17, 15) is 4.79 Å². The largest absolute Gasteiger partial charge is 0.481 e. The van der Waals surface area contributed by atoms with Gasteiger partial charge in [0.25, 0.3) is 0 Å². The number of nitrogens with zero attached hydrogens (tertiary/aromatic N) is 1. The number of carboxylic acids is 1. The molecular formula is C10H20N2O2. The highest BCUT2D eigenvalue weighted by atomic mass is 16.4. The van der Waals surface area contributed by atoms with E-state index in [1.807, 2.05) is 7.05 Å². The normalized spacial score (nSPS) is 33.9. The summed E-state index contributed by atoms with van der Waals surface area (Å²) in [6.45, 7) is 4.84. The van der Waals surface area contributed by atoms with Gasteiger partial charge in [-0.15, -0.1) is 0 Å². The van der Waals surface area contributed by atoms with Gasteiger partial charge in [-0.2, -0.15) is 0 Å². The van der Waals surface area contributed by atoms with Crippen molar-refractivity contribution in [1.82, 2.24) is 4.90 Å². The van der Waals surface area contributed by atoms with Crippen LogP contribution in [0.2, 0.25) is 0 Å². The van der Waals surface area contributed by atoms with Gasteiger partial charge in [0.05, 0.1) is 5.92 Å². The van der Waals surface area contributed by atoms with Gasteiger partial charge in [-0.25, -0.2) is 0 Å². The molecule has 4 nitrogen and oxygen atoms in total. The minimum absolute atomic E-state index is 0.219. The Labute approximate surface area is 85.1 Å². The van der Waals surface area contributed by atoms with Gasteiger partial charge in [0.2, 0.25) is 0 Å². The standard InChI is InChI=1S/C10H20N2O2/c1-6(2)4-8-9(11)7(10(13)14)5-12(8)3/h6-9H,4-5,11H2,1-3H3,(H,13,14). The molecular weight excluding hydrogens is 180 g/mol. The Hall–Kier alpha value is -0.610. The van der Waals surface area contributed by atoms with Gasteiger partial charge in [-0.05, 0) is 19.4 Å². The summed E-state index contributed by atoms with van der Waals surface area (Å²) in [5.41, 5.74) is 5.94. The van der Waals surface area contributed by atoms with E-state index in [1.54, 1.807) is 0 Å². The first kappa shape index (κ1) is 11.5. The molecule has 1 aliphatic rings. The van der Waals surface area contributed by atoms with Gasteiger partial charge < -0.3 is 15.7 Å². The fourth-order valence-electron chi connectivity index (χ4n) is 2.19. The van der Waals surface area contributed by atoms with Crippen molar-refractivity contribution < 1.29 is 9.90 Å². The zero-order valence-electron chi connectivity index (χ0n) is 9.10. The molecule has 0 amide bonds. The fourth-order valence-corrected chi connectivity index (χ4v) is 2.19. The molecule has 3 atom stereocenters. The Balaban J connectivity index is 2.65. The molecule has 0 aromatic rings. The monoisotopic (exact) mass is 200 g/mol. The number of likely N-dealkylation sites (N-methyl/N-ethyl adjacent to an activating group) is 1. The summed E-state index contributed by atoms with van der Waals surface area (Å²) < 4.78 is 0. The van der Waals surface area contributed by atoms with Crippen molar-refractivity contribution in [2.24, 2.45) is 17.6 Å². The zero-order valence-corrected chi connectivity index (χ0v) is 9.10. The lowest BCUT2D eigenvalue weighted by atomic mass is 9.94. The van der Waals surface area contributed by atoms with Crippen LogP contribution in [0.15, 0.2) is 0 Å². The summed E-state index contributed by atoms with van der Waals surface area (Å²) in [6.07, 6.45) is 0.974. The molecule has 4 heteroatoms. The van der Waals surface area contributed by atoms with Gasteiger partial charge in [-0.3, -0.25) is 4.79 Å². The molecule has 0 aromatic carbocycles. The molecule has 0 bridgehead atoms. The number of aliphatic carboxylic acids is 1. The van der Waals surface area contributed by atoms with Crippen LogP contribution in [0.5, 0.6) is 0 Å². The second-order valence-corrected chi connectivity index (χ2v) is 4.66. The molecule has 1 heterocycles. The van der Waals surface area contributed by atoms with Crippen LogP contribution in [0.1, 0.15) is 20.3 Å². The summed E-state index contributed by atoms with van der Waals surface area (Å²) in [7, 11) is 1.95. The number of hydrogen-bond acceptors (Lipinski definition) is 3. The van der Waals surface area contributed by atoms with Crippen LogP contribution in [-0.4, -0.2) is 41.7 Å². The fraction of sp³-hybridized carbons (Fsp3) is 0.900. The first-order valence-corrected chi connectivity index (χ1v) is 5.12. The van der Waals surface area contributed by atoms with Crippen molar-refractivity contribution in [1.29, 1.82) is 0 Å². The lowest BCUT2D eigenvalue weighted by Gasteiger charge is -2.24. The Morgan fingerprint density at radius 1 is 1.64 bits per heavy atom. The number of nitrogens with two attached hydrogens (primary N) is 1. The highest BCUT2D eigenvalue weighted by Crippen LogP contribution is 2.25. The van der Waals surface area contributed by atoms with Gasteiger partial charge >= 0.3 is 5.97 Å². The van der Waals surface area contributed by atoms with Crippen LogP contribution in [0.25, 0.3) is 0 Å². The molecule has 3 N–H and O–H groups in total. The predicted molar refractivity (Wildman–Crippen MR) is 55.0 cm³/mol. The summed E-state index contributed by atoms with van der Waals surface area (Å²) in [4.78, 5) is 13.0. The molecule has 3 unspecified atom stereocenters. The van der Waals surface area contributed by atoms with Gasteiger partial charge in [-0.1, -0.05) is 13.8 Å². The second-order valence-electron chi connectivity index (χ2n) is 4.66. The maximum absolute atomic E-state index is 10.9. The van der Waals surface area contributed by atoms with E-state index in [1.165, 1.54) is 0 Å². The Morgan fingerprint density at radius 2 is 2.21 bits per heavy atom. The minimum Gasteiger partial charge on any atom is -0.481 e. The first-order chi connectivity index (χ1) is 6.43. The molecule has 0 aliphatic carbocycles. The van der Waals surface area contributed by atoms with E-state index >= 15 is 0 Å². The zero-order chi connectivity index (χ0) is 10.9. The summed E-state index contributed by atoms with van der Waals surface area (Å²) in [5.74, 6) is -0.611. The number of rotatable bonds is 3. The third kappa shape index (κ3) is 2.25. The lowest BCUT2D eigenvalue weighted by Crippen LogP contribution is -2.42. The van der Waals surface area contributed by atoms with Crippen LogP contribution >= 0.6 is 0 Å². The van der Waals surface area contributed by atoms with Gasteiger partial charge in [0, 0.05) is 18.6 Å². The molecule has 82 valence electrons. The van der Waals surface area contributed by atoms with Crippen molar-refractivity contribution in [3.63, 3.8) is 0 Å². The Morgan fingerprint density at radius 3 is 2.57 bits per heavy atom. The summed E-state index contributed by atoms with van der Waals surface area (Å²) >= 11 is 0. The molecule has 1 aliphatic heterocycles. The average Bonchev–Trinajstić information content (AvgIpc) is 2.31.